The molecule has 0 spiro atoms. The van der Waals surface area contributed by atoms with E-state index in [1.807, 2.05) is 0 Å². The van der Waals surface area contributed by atoms with Gasteiger partial charge in [0.15, 0.2) is 0 Å². The number of alkyl halides is 1. The average molecular weight is 311 g/mol. The molecule has 0 radical (unpaired) electrons. The number of carbonyl (C=O) groups excluding carboxylic acids is 2. The Kier molecular flexibility index (Phi) is 4.70. The second kappa shape index (κ2) is 6.49. The lowest BCUT2D eigenvalue weighted by Crippen LogP contribution is -2.16. The van der Waals surface area contributed by atoms with Gasteiger partial charge in [0, 0.05) is 10.9 Å². The van der Waals surface area contributed by atoms with Crippen LogP contribution in [0.15, 0.2) is 18.2 Å². The minimum absolute atomic E-state index is 0.179. The highest BCUT2D eigenvalue weighted by molar-refractivity contribution is 6.29. The van der Waals surface area contributed by atoms with Crippen LogP contribution in [-0.4, -0.2) is 36.5 Å². The lowest BCUT2D eigenvalue weighted by atomic mass is 10.2. The summed E-state index contributed by atoms with van der Waals surface area (Å²) < 4.78 is 10.1. The number of nitrogens with one attached hydrogen (secondary N) is 2. The van der Waals surface area contributed by atoms with Crippen molar-refractivity contribution in [2.24, 2.45) is 0 Å². The molecule has 2 aromatic rings. The first kappa shape index (κ1) is 15.2. The molecule has 0 saturated heterocycles. The van der Waals surface area contributed by atoms with Gasteiger partial charge in [0.2, 0.25) is 5.91 Å². The Morgan fingerprint density at radius 3 is 2.76 bits per heavy atom. The highest BCUT2D eigenvalue weighted by Crippen LogP contribution is 2.31. The van der Waals surface area contributed by atoms with Crippen LogP contribution in [0.25, 0.3) is 10.9 Å². The van der Waals surface area contributed by atoms with Crippen LogP contribution >= 0.6 is 11.6 Å². The van der Waals surface area contributed by atoms with Crippen LogP contribution in [0.5, 0.6) is 5.75 Å². The summed E-state index contributed by atoms with van der Waals surface area (Å²) in [6.07, 6.45) is 0. The summed E-state index contributed by atoms with van der Waals surface area (Å²) in [5, 5.41) is 3.26. The second-order valence-corrected chi connectivity index (χ2v) is 4.46. The minimum atomic E-state index is -0.544. The van der Waals surface area contributed by atoms with Gasteiger partial charge in [-0.05, 0) is 25.1 Å². The van der Waals surface area contributed by atoms with Crippen LogP contribution < -0.4 is 10.1 Å². The molecule has 0 atom stereocenters. The Hall–Kier alpha value is -2.21. The van der Waals surface area contributed by atoms with E-state index in [0.29, 0.717) is 22.3 Å². The lowest BCUT2D eigenvalue weighted by molar-refractivity contribution is -0.113. The number of aromatic amines is 1. The fourth-order valence-corrected chi connectivity index (χ4v) is 2.02. The van der Waals surface area contributed by atoms with E-state index in [9.17, 15) is 9.59 Å². The Labute approximate surface area is 126 Å². The highest BCUT2D eigenvalue weighted by Gasteiger charge is 2.20. The molecule has 21 heavy (non-hydrogen) atoms. The molecule has 0 aliphatic heterocycles. The average Bonchev–Trinajstić information content (AvgIpc) is 2.85. The van der Waals surface area contributed by atoms with Crippen LogP contribution in [0.1, 0.15) is 17.4 Å². The Bertz CT molecular complexity index is 681. The molecule has 1 heterocycles. The molecule has 0 aliphatic rings. The maximum atomic E-state index is 12.0. The van der Waals surface area contributed by atoms with Crippen molar-refractivity contribution in [3.8, 4) is 5.75 Å². The molecule has 0 bridgehead atoms. The molecule has 2 N–H and O–H groups in total. The molecule has 6 nitrogen and oxygen atoms in total. The zero-order valence-corrected chi connectivity index (χ0v) is 12.4. The maximum Gasteiger partial charge on any atom is 0.356 e. The smallest absolute Gasteiger partial charge is 0.356 e. The van der Waals surface area contributed by atoms with Crippen LogP contribution in [0.2, 0.25) is 0 Å². The third kappa shape index (κ3) is 3.11. The van der Waals surface area contributed by atoms with Gasteiger partial charge in [0.25, 0.3) is 0 Å². The van der Waals surface area contributed by atoms with E-state index in [-0.39, 0.29) is 18.2 Å². The standard InChI is InChI=1S/C14H15ClN2O4/c1-3-21-14(19)13-12(17-11(18)7-15)9-6-8(20-2)4-5-10(9)16-13/h4-6,16H,3,7H2,1-2H3,(H,17,18). The molecule has 0 unspecified atom stereocenters. The molecule has 2 rings (SSSR count). The molecule has 0 saturated carbocycles. The summed E-state index contributed by atoms with van der Waals surface area (Å²) in [6, 6.07) is 5.23. The minimum Gasteiger partial charge on any atom is -0.497 e. The number of methoxy groups -OCH3 is 1. The predicted octanol–water partition coefficient (Wildman–Crippen LogP) is 2.53. The van der Waals surface area contributed by atoms with E-state index in [0.717, 1.165) is 0 Å². The number of amides is 1. The van der Waals surface area contributed by atoms with Gasteiger partial charge in [-0.1, -0.05) is 0 Å². The zero-order valence-electron chi connectivity index (χ0n) is 11.7. The van der Waals surface area contributed by atoms with Crippen LogP contribution in [0, 0.1) is 0 Å². The van der Waals surface area contributed by atoms with E-state index in [2.05, 4.69) is 10.3 Å². The van der Waals surface area contributed by atoms with Crippen LogP contribution in [0.4, 0.5) is 5.69 Å². The molecule has 1 aromatic carbocycles. The van der Waals surface area contributed by atoms with E-state index in [4.69, 9.17) is 21.1 Å². The van der Waals surface area contributed by atoms with Crippen molar-refractivity contribution in [2.75, 3.05) is 24.9 Å². The topological polar surface area (TPSA) is 80.4 Å². The third-order valence-corrected chi connectivity index (χ3v) is 3.11. The fourth-order valence-electron chi connectivity index (χ4n) is 1.96. The Balaban J connectivity index is 2.57. The second-order valence-electron chi connectivity index (χ2n) is 4.19. The summed E-state index contributed by atoms with van der Waals surface area (Å²) in [4.78, 5) is 26.5. The first-order valence-electron chi connectivity index (χ1n) is 6.33. The number of H-pyrrole nitrogens is 1. The predicted molar refractivity (Wildman–Crippen MR) is 80.2 cm³/mol. The number of hydrogen-bond donors (Lipinski definition) is 2. The van der Waals surface area contributed by atoms with Crippen molar-refractivity contribution in [1.82, 2.24) is 4.98 Å². The molecule has 1 aromatic heterocycles. The fraction of sp³-hybridized carbons (Fsp3) is 0.286. The summed E-state index contributed by atoms with van der Waals surface area (Å²) in [6.45, 7) is 1.95. The van der Waals surface area contributed by atoms with Crippen molar-refractivity contribution in [3.63, 3.8) is 0 Å². The molecular formula is C14H15ClN2O4. The normalized spacial score (nSPS) is 10.4. The van der Waals surface area contributed by atoms with Gasteiger partial charge in [0.05, 0.1) is 19.4 Å². The van der Waals surface area contributed by atoms with Crippen molar-refractivity contribution in [3.05, 3.63) is 23.9 Å². The van der Waals surface area contributed by atoms with Gasteiger partial charge in [-0.15, -0.1) is 11.6 Å². The number of benzene rings is 1. The van der Waals surface area contributed by atoms with Crippen molar-refractivity contribution in [1.29, 1.82) is 0 Å². The molecule has 112 valence electrons. The van der Waals surface area contributed by atoms with E-state index in [1.165, 1.54) is 7.11 Å². The number of aromatic nitrogens is 1. The van der Waals surface area contributed by atoms with Gasteiger partial charge >= 0.3 is 5.97 Å². The third-order valence-electron chi connectivity index (χ3n) is 2.87. The number of ether oxygens (including phenoxy) is 2. The molecule has 0 aliphatic carbocycles. The Morgan fingerprint density at radius 2 is 2.14 bits per heavy atom. The van der Waals surface area contributed by atoms with Crippen molar-refractivity contribution < 1.29 is 19.1 Å². The van der Waals surface area contributed by atoms with E-state index in [1.54, 1.807) is 25.1 Å². The van der Waals surface area contributed by atoms with Crippen molar-refractivity contribution >= 4 is 40.1 Å². The van der Waals surface area contributed by atoms with Crippen LogP contribution in [0.3, 0.4) is 0 Å². The molecule has 7 heteroatoms. The number of fused-ring (bicyclic) bond motifs is 1. The molecule has 1 amide bonds. The first-order chi connectivity index (χ1) is 10.1. The first-order valence-corrected chi connectivity index (χ1v) is 6.86. The quantitative estimate of drug-likeness (QED) is 0.657. The molecular weight excluding hydrogens is 296 g/mol. The largest absolute Gasteiger partial charge is 0.497 e. The summed E-state index contributed by atoms with van der Waals surface area (Å²) in [7, 11) is 1.54. The summed E-state index contributed by atoms with van der Waals surface area (Å²) >= 11 is 5.51. The van der Waals surface area contributed by atoms with Crippen molar-refractivity contribution in [2.45, 2.75) is 6.92 Å². The molecule has 0 fully saturated rings. The number of carbonyl (C=O) groups is 2. The van der Waals surface area contributed by atoms with E-state index < -0.39 is 11.9 Å². The van der Waals surface area contributed by atoms with Gasteiger partial charge in [-0.2, -0.15) is 0 Å². The van der Waals surface area contributed by atoms with E-state index >= 15 is 0 Å². The van der Waals surface area contributed by atoms with Gasteiger partial charge in [0.1, 0.15) is 17.3 Å². The Morgan fingerprint density at radius 1 is 1.38 bits per heavy atom. The number of hydrogen-bond acceptors (Lipinski definition) is 4. The zero-order chi connectivity index (χ0) is 15.4. The lowest BCUT2D eigenvalue weighted by Gasteiger charge is -2.06. The summed E-state index contributed by atoms with van der Waals surface area (Å²) in [5.74, 6) is -0.555. The SMILES string of the molecule is CCOC(=O)c1[nH]c2ccc(OC)cc2c1NC(=O)CCl. The number of halogens is 1. The van der Waals surface area contributed by atoms with Gasteiger partial charge in [-0.3, -0.25) is 4.79 Å². The van der Waals surface area contributed by atoms with Gasteiger partial charge in [-0.25, -0.2) is 4.79 Å². The number of esters is 1. The van der Waals surface area contributed by atoms with Crippen LogP contribution in [-0.2, 0) is 9.53 Å². The maximum absolute atomic E-state index is 12.0. The van der Waals surface area contributed by atoms with Gasteiger partial charge < -0.3 is 19.8 Å². The summed E-state index contributed by atoms with van der Waals surface area (Å²) in [5.41, 5.74) is 1.20. The number of rotatable bonds is 5. The monoisotopic (exact) mass is 310 g/mol. The number of anilines is 1. The highest BCUT2D eigenvalue weighted by atomic mass is 35.5.